The summed E-state index contributed by atoms with van der Waals surface area (Å²) >= 11 is 0. The van der Waals surface area contributed by atoms with Crippen LogP contribution in [0.3, 0.4) is 0 Å². The number of hydrogen-bond acceptors (Lipinski definition) is 4. The normalized spacial score (nSPS) is 24.4. The highest BCUT2D eigenvalue weighted by molar-refractivity contribution is 5.97. The molecule has 1 aliphatic heterocycles. The first-order valence-electron chi connectivity index (χ1n) is 9.24. The maximum absolute atomic E-state index is 12.9. The third-order valence-corrected chi connectivity index (χ3v) is 5.09. The number of rotatable bonds is 2. The molecule has 2 aliphatic rings. The van der Waals surface area contributed by atoms with Crippen molar-refractivity contribution < 1.29 is 27.5 Å². The van der Waals surface area contributed by atoms with Crippen LogP contribution in [0.4, 0.5) is 23.8 Å². The van der Waals surface area contributed by atoms with Crippen molar-refractivity contribution >= 4 is 17.8 Å². The van der Waals surface area contributed by atoms with Gasteiger partial charge in [-0.15, -0.1) is 0 Å². The molecular formula is C19H24F3N3O3. The van der Waals surface area contributed by atoms with Gasteiger partial charge in [0.2, 0.25) is 5.91 Å². The monoisotopic (exact) mass is 399 g/mol. The van der Waals surface area contributed by atoms with E-state index in [4.69, 9.17) is 4.74 Å². The van der Waals surface area contributed by atoms with Crippen molar-refractivity contribution in [1.82, 2.24) is 9.88 Å². The van der Waals surface area contributed by atoms with Crippen molar-refractivity contribution in [2.45, 2.75) is 70.8 Å². The Bertz CT molecular complexity index is 789. The first-order valence-corrected chi connectivity index (χ1v) is 9.24. The summed E-state index contributed by atoms with van der Waals surface area (Å²) in [4.78, 5) is 30.5. The lowest BCUT2D eigenvalue weighted by Gasteiger charge is -2.35. The average molecular weight is 399 g/mol. The van der Waals surface area contributed by atoms with E-state index in [1.54, 1.807) is 27.7 Å². The summed E-state index contributed by atoms with van der Waals surface area (Å²) in [5.74, 6) is -0.719. The Morgan fingerprint density at radius 3 is 2.50 bits per heavy atom. The molecule has 1 N–H and O–H groups in total. The molecule has 1 aromatic rings. The molecule has 1 aliphatic carbocycles. The number of likely N-dealkylation sites (tertiary alicyclic amines) is 1. The van der Waals surface area contributed by atoms with Crippen molar-refractivity contribution in [3.63, 3.8) is 0 Å². The maximum atomic E-state index is 12.9. The number of carbonyl (C=O) groups excluding carboxylic acids is 2. The highest BCUT2D eigenvalue weighted by atomic mass is 19.4. The molecular weight excluding hydrogens is 375 g/mol. The van der Waals surface area contributed by atoms with E-state index in [0.717, 1.165) is 18.9 Å². The van der Waals surface area contributed by atoms with Crippen molar-refractivity contribution in [1.29, 1.82) is 0 Å². The van der Waals surface area contributed by atoms with Gasteiger partial charge in [0.15, 0.2) is 0 Å². The number of nitrogens with zero attached hydrogens (tertiary/aromatic N) is 2. The van der Waals surface area contributed by atoms with Crippen LogP contribution in [-0.4, -0.2) is 39.6 Å². The fraction of sp³-hybridized carbons (Fsp3) is 0.632. The number of carbonyl (C=O) groups is 2. The zero-order valence-electron chi connectivity index (χ0n) is 16.3. The van der Waals surface area contributed by atoms with Gasteiger partial charge in [-0.2, -0.15) is 13.2 Å². The van der Waals surface area contributed by atoms with Crippen LogP contribution in [0.25, 0.3) is 0 Å². The Morgan fingerprint density at radius 1 is 1.21 bits per heavy atom. The lowest BCUT2D eigenvalue weighted by Crippen LogP contribution is -2.52. The van der Waals surface area contributed by atoms with E-state index in [1.807, 2.05) is 0 Å². The topological polar surface area (TPSA) is 71.5 Å². The molecule has 0 radical (unpaired) electrons. The SMILES string of the molecule is Cc1ccc(C(F)(F)F)nc1NC(=O)[C@@H]1[C@@H]2CC[C@@H](C2)N1C(=O)OC(C)(C)C. The van der Waals surface area contributed by atoms with E-state index in [9.17, 15) is 22.8 Å². The van der Waals surface area contributed by atoms with Gasteiger partial charge in [0.05, 0.1) is 0 Å². The van der Waals surface area contributed by atoms with E-state index in [0.29, 0.717) is 12.0 Å². The quantitative estimate of drug-likeness (QED) is 0.812. The summed E-state index contributed by atoms with van der Waals surface area (Å²) < 4.78 is 44.3. The molecule has 2 amide bonds. The number of ether oxygens (including phenoxy) is 1. The minimum absolute atomic E-state index is 0.0383. The van der Waals surface area contributed by atoms with Crippen LogP contribution < -0.4 is 5.32 Å². The van der Waals surface area contributed by atoms with E-state index in [-0.39, 0.29) is 17.8 Å². The van der Waals surface area contributed by atoms with E-state index < -0.39 is 35.5 Å². The van der Waals surface area contributed by atoms with Crippen molar-refractivity contribution in [2.75, 3.05) is 5.32 Å². The molecule has 3 rings (SSSR count). The summed E-state index contributed by atoms with van der Waals surface area (Å²) in [6.07, 6.45) is -2.92. The Balaban J connectivity index is 1.82. The third-order valence-electron chi connectivity index (χ3n) is 5.09. The minimum atomic E-state index is -4.61. The van der Waals surface area contributed by atoms with E-state index >= 15 is 0 Å². The van der Waals surface area contributed by atoms with Gasteiger partial charge < -0.3 is 10.1 Å². The van der Waals surface area contributed by atoms with Crippen molar-refractivity contribution in [3.05, 3.63) is 23.4 Å². The Kier molecular flexibility index (Phi) is 5.05. The second-order valence-electron chi connectivity index (χ2n) is 8.41. The molecule has 0 unspecified atom stereocenters. The number of amides is 2. The lowest BCUT2D eigenvalue weighted by molar-refractivity contribution is -0.141. The molecule has 0 spiro atoms. The van der Waals surface area contributed by atoms with Crippen LogP contribution in [0.2, 0.25) is 0 Å². The van der Waals surface area contributed by atoms with Crippen LogP contribution in [0.15, 0.2) is 12.1 Å². The molecule has 2 fully saturated rings. The molecule has 2 bridgehead atoms. The predicted octanol–water partition coefficient (Wildman–Crippen LogP) is 4.14. The van der Waals surface area contributed by atoms with Crippen molar-refractivity contribution in [2.24, 2.45) is 5.92 Å². The summed E-state index contributed by atoms with van der Waals surface area (Å²) in [6, 6.07) is 1.27. The van der Waals surface area contributed by atoms with Gasteiger partial charge in [-0.1, -0.05) is 6.07 Å². The van der Waals surface area contributed by atoms with Gasteiger partial charge in [0.1, 0.15) is 23.2 Å². The number of anilines is 1. The zero-order valence-corrected chi connectivity index (χ0v) is 16.3. The molecule has 28 heavy (non-hydrogen) atoms. The average Bonchev–Trinajstić information content (AvgIpc) is 3.15. The van der Waals surface area contributed by atoms with E-state index in [2.05, 4.69) is 10.3 Å². The highest BCUT2D eigenvalue weighted by Crippen LogP contribution is 2.43. The predicted molar refractivity (Wildman–Crippen MR) is 95.6 cm³/mol. The van der Waals surface area contributed by atoms with Crippen LogP contribution >= 0.6 is 0 Å². The van der Waals surface area contributed by atoms with Crippen LogP contribution in [0.5, 0.6) is 0 Å². The number of aryl methyl sites for hydroxylation is 1. The fourth-order valence-electron chi connectivity index (χ4n) is 3.91. The molecule has 1 aromatic heterocycles. The minimum Gasteiger partial charge on any atom is -0.444 e. The van der Waals surface area contributed by atoms with Gasteiger partial charge >= 0.3 is 12.3 Å². The molecule has 154 valence electrons. The second-order valence-corrected chi connectivity index (χ2v) is 8.41. The molecule has 2 heterocycles. The number of alkyl halides is 3. The van der Waals surface area contributed by atoms with Gasteiger partial charge in [-0.25, -0.2) is 9.78 Å². The second kappa shape index (κ2) is 6.93. The van der Waals surface area contributed by atoms with Gasteiger partial charge in [0.25, 0.3) is 0 Å². The van der Waals surface area contributed by atoms with E-state index in [1.165, 1.54) is 11.0 Å². The maximum Gasteiger partial charge on any atom is 0.433 e. The molecule has 9 heteroatoms. The largest absolute Gasteiger partial charge is 0.444 e. The number of pyridine rings is 1. The van der Waals surface area contributed by atoms with Crippen molar-refractivity contribution in [3.8, 4) is 0 Å². The summed E-state index contributed by atoms with van der Waals surface area (Å²) in [6.45, 7) is 6.79. The number of piperidine rings is 1. The molecule has 1 saturated carbocycles. The fourth-order valence-corrected chi connectivity index (χ4v) is 3.91. The Hall–Kier alpha value is -2.32. The number of aromatic nitrogens is 1. The first-order chi connectivity index (χ1) is 12.9. The first kappa shape index (κ1) is 20.4. The third kappa shape index (κ3) is 4.07. The molecule has 1 saturated heterocycles. The Morgan fingerprint density at radius 2 is 1.89 bits per heavy atom. The Labute approximate surface area is 161 Å². The van der Waals surface area contributed by atoms with Crippen LogP contribution in [-0.2, 0) is 15.7 Å². The summed E-state index contributed by atoms with van der Waals surface area (Å²) in [5.41, 5.74) is -1.38. The smallest absolute Gasteiger partial charge is 0.433 e. The molecule has 3 atom stereocenters. The molecule has 0 aromatic carbocycles. The van der Waals surface area contributed by atoms with Gasteiger partial charge in [0, 0.05) is 6.04 Å². The highest BCUT2D eigenvalue weighted by Gasteiger charge is 2.52. The standard InChI is InChI=1S/C19H24F3N3O3/c1-10-5-8-13(19(20,21)22)23-15(10)24-16(26)14-11-6-7-12(9-11)25(14)17(27)28-18(2,3)4/h5,8,11-12,14H,6-7,9H2,1-4H3,(H,23,24,26)/t11-,12+,14+/m1/s1. The van der Waals surface area contributed by atoms with Gasteiger partial charge in [-0.3, -0.25) is 9.69 Å². The van der Waals surface area contributed by atoms with Crippen LogP contribution in [0, 0.1) is 12.8 Å². The number of halogens is 3. The van der Waals surface area contributed by atoms with Gasteiger partial charge in [-0.05, 0) is 64.5 Å². The van der Waals surface area contributed by atoms with Crippen LogP contribution in [0.1, 0.15) is 51.3 Å². The molecule has 6 nitrogen and oxygen atoms in total. The summed E-state index contributed by atoms with van der Waals surface area (Å²) in [7, 11) is 0. The zero-order chi connectivity index (χ0) is 20.9. The lowest BCUT2D eigenvalue weighted by atomic mass is 9.98. The summed E-state index contributed by atoms with van der Waals surface area (Å²) in [5, 5.41) is 2.50. The number of nitrogens with one attached hydrogen (secondary N) is 1. The number of fused-ring (bicyclic) bond motifs is 2. The number of hydrogen-bond donors (Lipinski definition) is 1.